The van der Waals surface area contributed by atoms with Gasteiger partial charge in [-0.15, -0.1) is 0 Å². The van der Waals surface area contributed by atoms with Crippen LogP contribution in [0.2, 0.25) is 0 Å². The van der Waals surface area contributed by atoms with E-state index in [0.29, 0.717) is 5.75 Å². The summed E-state index contributed by atoms with van der Waals surface area (Å²) in [6, 6.07) is 6.16. The van der Waals surface area contributed by atoms with Crippen LogP contribution >= 0.6 is 0 Å². The standard InChI is InChI=1S/C13H20N2O3S/c1-18-10-5-4-6-11(9-10)19(16,17)15-13-8-3-2-7-12(13)14/h4-6,9,12-13,15H,2-3,7-8,14H2,1H3. The Labute approximate surface area is 114 Å². The van der Waals surface area contributed by atoms with E-state index >= 15 is 0 Å². The van der Waals surface area contributed by atoms with E-state index in [9.17, 15) is 8.42 Å². The molecule has 0 heterocycles. The van der Waals surface area contributed by atoms with Crippen molar-refractivity contribution in [2.45, 2.75) is 42.7 Å². The van der Waals surface area contributed by atoms with Crippen molar-refractivity contribution in [2.75, 3.05) is 7.11 Å². The van der Waals surface area contributed by atoms with Crippen LogP contribution in [0.15, 0.2) is 29.2 Å². The van der Waals surface area contributed by atoms with E-state index in [4.69, 9.17) is 10.5 Å². The molecule has 1 saturated carbocycles. The molecule has 0 amide bonds. The summed E-state index contributed by atoms with van der Waals surface area (Å²) in [4.78, 5) is 0.213. The predicted octanol–water partition coefficient (Wildman–Crippen LogP) is 1.24. The lowest BCUT2D eigenvalue weighted by molar-refractivity contribution is 0.361. The molecule has 2 rings (SSSR count). The first-order valence-corrected chi connectivity index (χ1v) is 7.93. The third-order valence-corrected chi connectivity index (χ3v) is 4.97. The second-order valence-corrected chi connectivity index (χ2v) is 6.57. The van der Waals surface area contributed by atoms with Gasteiger partial charge in [-0.05, 0) is 25.0 Å². The zero-order chi connectivity index (χ0) is 13.9. The normalized spacial score (nSPS) is 24.1. The highest BCUT2D eigenvalue weighted by molar-refractivity contribution is 7.89. The molecule has 2 atom stereocenters. The lowest BCUT2D eigenvalue weighted by Crippen LogP contribution is -2.49. The number of ether oxygens (including phenoxy) is 1. The van der Waals surface area contributed by atoms with Gasteiger partial charge in [0.1, 0.15) is 5.75 Å². The van der Waals surface area contributed by atoms with Crippen LogP contribution in [0.1, 0.15) is 25.7 Å². The van der Waals surface area contributed by atoms with Crippen LogP contribution in [0.4, 0.5) is 0 Å². The van der Waals surface area contributed by atoms with Crippen LogP contribution in [-0.4, -0.2) is 27.6 Å². The maximum atomic E-state index is 12.3. The first kappa shape index (κ1) is 14.3. The Hall–Kier alpha value is -1.11. The topological polar surface area (TPSA) is 81.4 Å². The van der Waals surface area contributed by atoms with Gasteiger partial charge in [-0.2, -0.15) is 0 Å². The van der Waals surface area contributed by atoms with Crippen LogP contribution in [0, 0.1) is 0 Å². The first-order valence-electron chi connectivity index (χ1n) is 6.45. The molecule has 0 aliphatic heterocycles. The van der Waals surface area contributed by atoms with E-state index < -0.39 is 10.0 Å². The second-order valence-electron chi connectivity index (χ2n) is 4.86. The molecule has 6 heteroatoms. The molecule has 2 unspecified atom stereocenters. The van der Waals surface area contributed by atoms with E-state index in [2.05, 4.69) is 4.72 Å². The molecule has 0 spiro atoms. The molecule has 5 nitrogen and oxygen atoms in total. The largest absolute Gasteiger partial charge is 0.497 e. The Morgan fingerprint density at radius 2 is 2.05 bits per heavy atom. The summed E-state index contributed by atoms with van der Waals surface area (Å²) in [5.41, 5.74) is 5.97. The predicted molar refractivity (Wildman–Crippen MR) is 73.5 cm³/mol. The van der Waals surface area contributed by atoms with Gasteiger partial charge in [0.25, 0.3) is 0 Å². The average Bonchev–Trinajstić information content (AvgIpc) is 2.41. The third kappa shape index (κ3) is 3.46. The number of benzene rings is 1. The average molecular weight is 284 g/mol. The van der Waals surface area contributed by atoms with Gasteiger partial charge in [0.05, 0.1) is 12.0 Å². The SMILES string of the molecule is COc1cccc(S(=O)(=O)NC2CCCCC2N)c1. The van der Waals surface area contributed by atoms with E-state index in [1.54, 1.807) is 18.2 Å². The van der Waals surface area contributed by atoms with E-state index in [-0.39, 0.29) is 17.0 Å². The van der Waals surface area contributed by atoms with E-state index in [1.165, 1.54) is 13.2 Å². The monoisotopic (exact) mass is 284 g/mol. The highest BCUT2D eigenvalue weighted by atomic mass is 32.2. The van der Waals surface area contributed by atoms with Crippen molar-refractivity contribution in [2.24, 2.45) is 5.73 Å². The summed E-state index contributed by atoms with van der Waals surface area (Å²) in [7, 11) is -2.03. The molecule has 1 aromatic carbocycles. The molecular weight excluding hydrogens is 264 g/mol. The molecule has 0 aromatic heterocycles. The minimum absolute atomic E-state index is 0.103. The molecule has 1 aromatic rings. The molecule has 1 aliphatic carbocycles. The van der Waals surface area contributed by atoms with Gasteiger partial charge in [-0.25, -0.2) is 13.1 Å². The lowest BCUT2D eigenvalue weighted by Gasteiger charge is -2.29. The first-order chi connectivity index (χ1) is 9.03. The number of hydrogen-bond donors (Lipinski definition) is 2. The summed E-state index contributed by atoms with van der Waals surface area (Å²) in [6.45, 7) is 0. The Balaban J connectivity index is 2.17. The summed E-state index contributed by atoms with van der Waals surface area (Å²) in [5, 5.41) is 0. The van der Waals surface area contributed by atoms with Crippen molar-refractivity contribution in [1.29, 1.82) is 0 Å². The summed E-state index contributed by atoms with van der Waals surface area (Å²) >= 11 is 0. The van der Waals surface area contributed by atoms with Gasteiger partial charge < -0.3 is 10.5 Å². The summed E-state index contributed by atoms with van der Waals surface area (Å²) < 4.78 is 32.3. The van der Waals surface area contributed by atoms with Gasteiger partial charge in [0, 0.05) is 18.2 Å². The van der Waals surface area contributed by atoms with Crippen molar-refractivity contribution >= 4 is 10.0 Å². The fourth-order valence-electron chi connectivity index (χ4n) is 2.34. The van der Waals surface area contributed by atoms with E-state index in [1.807, 2.05) is 0 Å². The van der Waals surface area contributed by atoms with Gasteiger partial charge in [0.15, 0.2) is 0 Å². The zero-order valence-corrected chi connectivity index (χ0v) is 11.8. The second kappa shape index (κ2) is 5.90. The molecule has 0 saturated heterocycles. The Morgan fingerprint density at radius 1 is 1.32 bits per heavy atom. The smallest absolute Gasteiger partial charge is 0.241 e. The fraction of sp³-hybridized carbons (Fsp3) is 0.538. The summed E-state index contributed by atoms with van der Waals surface area (Å²) in [5.74, 6) is 0.524. The molecular formula is C13H20N2O3S. The minimum Gasteiger partial charge on any atom is -0.497 e. The van der Waals surface area contributed by atoms with Gasteiger partial charge in [0.2, 0.25) is 10.0 Å². The van der Waals surface area contributed by atoms with Crippen LogP contribution in [0.25, 0.3) is 0 Å². The van der Waals surface area contributed by atoms with Gasteiger partial charge in [-0.1, -0.05) is 18.9 Å². The lowest BCUT2D eigenvalue weighted by atomic mass is 9.92. The van der Waals surface area contributed by atoms with Crippen LogP contribution in [-0.2, 0) is 10.0 Å². The zero-order valence-electron chi connectivity index (χ0n) is 11.0. The van der Waals surface area contributed by atoms with Crippen LogP contribution in [0.3, 0.4) is 0 Å². The molecule has 3 N–H and O–H groups in total. The maximum absolute atomic E-state index is 12.3. The molecule has 0 bridgehead atoms. The van der Waals surface area contributed by atoms with Gasteiger partial charge >= 0.3 is 0 Å². The minimum atomic E-state index is -3.54. The number of sulfonamides is 1. The van der Waals surface area contributed by atoms with E-state index in [0.717, 1.165) is 25.7 Å². The molecule has 0 radical (unpaired) electrons. The molecule has 19 heavy (non-hydrogen) atoms. The molecule has 1 fully saturated rings. The van der Waals surface area contributed by atoms with Crippen molar-refractivity contribution in [3.8, 4) is 5.75 Å². The summed E-state index contributed by atoms with van der Waals surface area (Å²) in [6.07, 6.45) is 3.74. The third-order valence-electron chi connectivity index (χ3n) is 3.48. The van der Waals surface area contributed by atoms with Gasteiger partial charge in [-0.3, -0.25) is 0 Å². The Morgan fingerprint density at radius 3 is 2.74 bits per heavy atom. The van der Waals surface area contributed by atoms with Crippen LogP contribution < -0.4 is 15.2 Å². The quantitative estimate of drug-likeness (QED) is 0.871. The number of nitrogens with one attached hydrogen (secondary N) is 1. The highest BCUT2D eigenvalue weighted by Gasteiger charge is 2.27. The number of hydrogen-bond acceptors (Lipinski definition) is 4. The number of nitrogens with two attached hydrogens (primary N) is 1. The highest BCUT2D eigenvalue weighted by Crippen LogP contribution is 2.21. The Bertz CT molecular complexity index is 530. The van der Waals surface area contributed by atoms with Crippen molar-refractivity contribution in [1.82, 2.24) is 4.72 Å². The molecule has 1 aliphatic rings. The number of methoxy groups -OCH3 is 1. The van der Waals surface area contributed by atoms with Crippen molar-refractivity contribution < 1.29 is 13.2 Å². The van der Waals surface area contributed by atoms with Crippen LogP contribution in [0.5, 0.6) is 5.75 Å². The maximum Gasteiger partial charge on any atom is 0.241 e. The van der Waals surface area contributed by atoms with Crippen molar-refractivity contribution in [3.05, 3.63) is 24.3 Å². The Kier molecular flexibility index (Phi) is 4.44. The van der Waals surface area contributed by atoms with Crippen molar-refractivity contribution in [3.63, 3.8) is 0 Å². The molecule has 106 valence electrons. The fourth-order valence-corrected chi connectivity index (χ4v) is 3.70. The number of rotatable bonds is 4.